The smallest absolute Gasteiger partial charge is 0.161 e. The molecule has 1 unspecified atom stereocenters. The lowest BCUT2D eigenvalue weighted by Gasteiger charge is -2.19. The van der Waals surface area contributed by atoms with Gasteiger partial charge in [-0.05, 0) is 43.4 Å². The third kappa shape index (κ3) is 3.20. The van der Waals surface area contributed by atoms with E-state index in [0.717, 1.165) is 35.5 Å². The SMILES string of the molecule is COc1ccc(C(N)c2cncnc2)cc1OC1CCCC1. The van der Waals surface area contributed by atoms with Crippen LogP contribution >= 0.6 is 0 Å². The average molecular weight is 299 g/mol. The van der Waals surface area contributed by atoms with E-state index in [2.05, 4.69) is 9.97 Å². The first-order chi connectivity index (χ1) is 10.8. The monoisotopic (exact) mass is 299 g/mol. The molecule has 1 aliphatic carbocycles. The van der Waals surface area contributed by atoms with Crippen molar-refractivity contribution in [2.45, 2.75) is 37.8 Å². The maximum Gasteiger partial charge on any atom is 0.161 e. The van der Waals surface area contributed by atoms with E-state index in [1.807, 2.05) is 18.2 Å². The molecule has 0 radical (unpaired) electrons. The first kappa shape index (κ1) is 14.8. The molecule has 2 N–H and O–H groups in total. The summed E-state index contributed by atoms with van der Waals surface area (Å²) in [6, 6.07) is 5.55. The summed E-state index contributed by atoms with van der Waals surface area (Å²) in [4.78, 5) is 8.05. The van der Waals surface area contributed by atoms with Crippen LogP contribution in [0.15, 0.2) is 36.9 Å². The lowest BCUT2D eigenvalue weighted by atomic mass is 10.0. The fourth-order valence-electron chi connectivity index (χ4n) is 2.83. The van der Waals surface area contributed by atoms with E-state index in [9.17, 15) is 0 Å². The summed E-state index contributed by atoms with van der Waals surface area (Å²) in [6.07, 6.45) is 9.91. The van der Waals surface area contributed by atoms with Gasteiger partial charge >= 0.3 is 0 Å². The van der Waals surface area contributed by atoms with Crippen molar-refractivity contribution >= 4 is 0 Å². The molecule has 1 atom stereocenters. The number of hydrogen-bond donors (Lipinski definition) is 1. The number of ether oxygens (including phenoxy) is 2. The summed E-state index contributed by atoms with van der Waals surface area (Å²) in [5.41, 5.74) is 8.14. The third-order valence-electron chi connectivity index (χ3n) is 4.08. The van der Waals surface area contributed by atoms with Crippen LogP contribution in [-0.4, -0.2) is 23.2 Å². The van der Waals surface area contributed by atoms with Crippen molar-refractivity contribution in [1.29, 1.82) is 0 Å². The predicted octanol–water partition coefficient (Wildman–Crippen LogP) is 2.85. The first-order valence-corrected chi connectivity index (χ1v) is 7.63. The number of nitrogens with two attached hydrogens (primary N) is 1. The molecule has 1 saturated carbocycles. The summed E-state index contributed by atoms with van der Waals surface area (Å²) >= 11 is 0. The van der Waals surface area contributed by atoms with Crippen LogP contribution < -0.4 is 15.2 Å². The molecule has 1 aromatic heterocycles. The van der Waals surface area contributed by atoms with Crippen LogP contribution in [0.2, 0.25) is 0 Å². The van der Waals surface area contributed by atoms with Crippen LogP contribution in [-0.2, 0) is 0 Å². The molecule has 0 amide bonds. The van der Waals surface area contributed by atoms with Gasteiger partial charge in [-0.25, -0.2) is 9.97 Å². The minimum absolute atomic E-state index is 0.278. The number of methoxy groups -OCH3 is 1. The van der Waals surface area contributed by atoms with Crippen molar-refractivity contribution in [2.24, 2.45) is 5.73 Å². The topological polar surface area (TPSA) is 70.3 Å². The Balaban J connectivity index is 1.85. The molecule has 116 valence electrons. The van der Waals surface area contributed by atoms with Crippen LogP contribution in [0, 0.1) is 0 Å². The van der Waals surface area contributed by atoms with Crippen molar-refractivity contribution in [2.75, 3.05) is 7.11 Å². The van der Waals surface area contributed by atoms with Crippen molar-refractivity contribution in [3.63, 3.8) is 0 Å². The van der Waals surface area contributed by atoms with E-state index in [4.69, 9.17) is 15.2 Å². The Kier molecular flexibility index (Phi) is 4.53. The highest BCUT2D eigenvalue weighted by Gasteiger charge is 2.20. The van der Waals surface area contributed by atoms with Crippen LogP contribution in [0.1, 0.15) is 42.9 Å². The molecule has 3 rings (SSSR count). The number of benzene rings is 1. The molecule has 5 nitrogen and oxygen atoms in total. The summed E-state index contributed by atoms with van der Waals surface area (Å²) < 4.78 is 11.5. The molecule has 1 fully saturated rings. The Morgan fingerprint density at radius 3 is 2.50 bits per heavy atom. The van der Waals surface area contributed by atoms with Crippen LogP contribution in [0.4, 0.5) is 0 Å². The summed E-state index contributed by atoms with van der Waals surface area (Å²) in [5, 5.41) is 0. The van der Waals surface area contributed by atoms with Crippen molar-refractivity contribution in [3.05, 3.63) is 48.0 Å². The minimum Gasteiger partial charge on any atom is -0.493 e. The van der Waals surface area contributed by atoms with Gasteiger partial charge in [-0.2, -0.15) is 0 Å². The fraction of sp³-hybridized carbons (Fsp3) is 0.412. The van der Waals surface area contributed by atoms with Crippen molar-refractivity contribution in [1.82, 2.24) is 9.97 Å². The van der Waals surface area contributed by atoms with Gasteiger partial charge in [0, 0.05) is 18.0 Å². The summed E-state index contributed by atoms with van der Waals surface area (Å²) in [5.74, 6) is 1.51. The van der Waals surface area contributed by atoms with E-state index >= 15 is 0 Å². The Morgan fingerprint density at radius 2 is 1.82 bits per heavy atom. The summed E-state index contributed by atoms with van der Waals surface area (Å²) in [6.45, 7) is 0. The van der Waals surface area contributed by atoms with Crippen LogP contribution in [0.25, 0.3) is 0 Å². The van der Waals surface area contributed by atoms with Gasteiger partial charge in [0.25, 0.3) is 0 Å². The second-order valence-electron chi connectivity index (χ2n) is 5.58. The molecule has 5 heteroatoms. The Bertz CT molecular complexity index is 613. The Morgan fingerprint density at radius 1 is 1.09 bits per heavy atom. The molecular formula is C17H21N3O2. The van der Waals surface area contributed by atoms with Crippen molar-refractivity contribution < 1.29 is 9.47 Å². The quantitative estimate of drug-likeness (QED) is 0.919. The molecule has 2 aromatic rings. The molecule has 1 aliphatic rings. The fourth-order valence-corrected chi connectivity index (χ4v) is 2.83. The molecule has 0 bridgehead atoms. The van der Waals surface area contributed by atoms with Gasteiger partial charge in [0.05, 0.1) is 19.3 Å². The maximum atomic E-state index is 6.31. The average Bonchev–Trinajstić information content (AvgIpc) is 3.08. The van der Waals surface area contributed by atoms with E-state index in [-0.39, 0.29) is 12.1 Å². The van der Waals surface area contributed by atoms with Gasteiger partial charge in [-0.1, -0.05) is 6.07 Å². The van der Waals surface area contributed by atoms with Gasteiger partial charge in [0.1, 0.15) is 6.33 Å². The van der Waals surface area contributed by atoms with E-state index in [1.54, 1.807) is 19.5 Å². The zero-order chi connectivity index (χ0) is 15.4. The number of nitrogens with zero attached hydrogens (tertiary/aromatic N) is 2. The zero-order valence-corrected chi connectivity index (χ0v) is 12.7. The second kappa shape index (κ2) is 6.75. The molecule has 0 spiro atoms. The molecule has 1 heterocycles. The number of aromatic nitrogens is 2. The predicted molar refractivity (Wildman–Crippen MR) is 83.9 cm³/mol. The van der Waals surface area contributed by atoms with Crippen molar-refractivity contribution in [3.8, 4) is 11.5 Å². The third-order valence-corrected chi connectivity index (χ3v) is 4.08. The highest BCUT2D eigenvalue weighted by atomic mass is 16.5. The largest absolute Gasteiger partial charge is 0.493 e. The Labute approximate surface area is 130 Å². The maximum absolute atomic E-state index is 6.31. The van der Waals surface area contributed by atoms with Crippen LogP contribution in [0.3, 0.4) is 0 Å². The highest BCUT2D eigenvalue weighted by Crippen LogP contribution is 2.34. The zero-order valence-electron chi connectivity index (χ0n) is 12.7. The standard InChI is InChI=1S/C17H21N3O2/c1-21-15-7-6-12(17(18)13-9-19-11-20-10-13)8-16(15)22-14-4-2-3-5-14/h6-11,14,17H,2-5,18H2,1H3. The lowest BCUT2D eigenvalue weighted by Crippen LogP contribution is -2.15. The molecule has 0 saturated heterocycles. The van der Waals surface area contributed by atoms with Gasteiger partial charge in [0.2, 0.25) is 0 Å². The molecule has 0 aliphatic heterocycles. The highest BCUT2D eigenvalue weighted by molar-refractivity contribution is 5.45. The van der Waals surface area contributed by atoms with Crippen LogP contribution in [0.5, 0.6) is 11.5 Å². The van der Waals surface area contributed by atoms with Gasteiger partial charge in [-0.15, -0.1) is 0 Å². The normalized spacial score (nSPS) is 16.5. The van der Waals surface area contributed by atoms with E-state index < -0.39 is 0 Å². The van der Waals surface area contributed by atoms with Gasteiger partial charge < -0.3 is 15.2 Å². The molecule has 22 heavy (non-hydrogen) atoms. The van der Waals surface area contributed by atoms with Gasteiger partial charge in [0.15, 0.2) is 11.5 Å². The summed E-state index contributed by atoms with van der Waals surface area (Å²) in [7, 11) is 1.65. The number of hydrogen-bond acceptors (Lipinski definition) is 5. The minimum atomic E-state index is -0.280. The second-order valence-corrected chi connectivity index (χ2v) is 5.58. The van der Waals surface area contributed by atoms with E-state index in [0.29, 0.717) is 0 Å². The van der Waals surface area contributed by atoms with Gasteiger partial charge in [-0.3, -0.25) is 0 Å². The lowest BCUT2D eigenvalue weighted by molar-refractivity contribution is 0.200. The Hall–Kier alpha value is -2.14. The number of rotatable bonds is 5. The van der Waals surface area contributed by atoms with E-state index in [1.165, 1.54) is 19.2 Å². The molecular weight excluding hydrogens is 278 g/mol. The first-order valence-electron chi connectivity index (χ1n) is 7.63. The molecule has 1 aromatic carbocycles.